The van der Waals surface area contributed by atoms with Crippen LogP contribution in [0.25, 0.3) is 11.0 Å². The van der Waals surface area contributed by atoms with Crippen molar-refractivity contribution in [1.82, 2.24) is 14.9 Å². The van der Waals surface area contributed by atoms with Gasteiger partial charge in [-0.05, 0) is 44.2 Å². The maximum atomic E-state index is 4.47. The lowest BCUT2D eigenvalue weighted by molar-refractivity contribution is 0.506. The molecule has 1 atom stereocenters. The lowest BCUT2D eigenvalue weighted by Crippen LogP contribution is -2.22. The summed E-state index contributed by atoms with van der Waals surface area (Å²) < 4.78 is 2.22. The number of fused-ring (bicyclic) bond motifs is 1. The smallest absolute Gasteiger partial charge is 0.0958 e. The highest BCUT2D eigenvalue weighted by Crippen LogP contribution is 2.22. The van der Waals surface area contributed by atoms with E-state index in [9.17, 15) is 0 Å². The van der Waals surface area contributed by atoms with E-state index in [1.54, 1.807) is 0 Å². The molecule has 0 amide bonds. The zero-order valence-electron chi connectivity index (χ0n) is 12.8. The van der Waals surface area contributed by atoms with Crippen molar-refractivity contribution >= 4 is 11.0 Å². The third-order valence-corrected chi connectivity index (χ3v) is 4.06. The van der Waals surface area contributed by atoms with E-state index in [0.29, 0.717) is 0 Å². The van der Waals surface area contributed by atoms with Crippen molar-refractivity contribution in [2.45, 2.75) is 26.4 Å². The predicted molar refractivity (Wildman–Crippen MR) is 87.4 cm³/mol. The zero-order valence-corrected chi connectivity index (χ0v) is 12.8. The lowest BCUT2D eigenvalue weighted by Gasteiger charge is -2.20. The van der Waals surface area contributed by atoms with Gasteiger partial charge in [-0.1, -0.05) is 35.9 Å². The second-order valence-corrected chi connectivity index (χ2v) is 5.59. The van der Waals surface area contributed by atoms with Gasteiger partial charge in [0, 0.05) is 6.54 Å². The minimum absolute atomic E-state index is 0.281. The summed E-state index contributed by atoms with van der Waals surface area (Å²) in [5, 5.41) is 3.43. The molecule has 21 heavy (non-hydrogen) atoms. The molecular formula is C18H21N3. The van der Waals surface area contributed by atoms with Crippen LogP contribution in [0.5, 0.6) is 0 Å². The van der Waals surface area contributed by atoms with Crippen LogP contribution in [0.2, 0.25) is 0 Å². The Kier molecular flexibility index (Phi) is 3.76. The van der Waals surface area contributed by atoms with Crippen LogP contribution in [0, 0.1) is 13.8 Å². The van der Waals surface area contributed by atoms with Gasteiger partial charge >= 0.3 is 0 Å². The first-order valence-corrected chi connectivity index (χ1v) is 7.33. The molecule has 0 aliphatic rings. The predicted octanol–water partition coefficient (Wildman–Crippen LogP) is 3.61. The van der Waals surface area contributed by atoms with Crippen molar-refractivity contribution in [1.29, 1.82) is 0 Å². The summed E-state index contributed by atoms with van der Waals surface area (Å²) in [5.41, 5.74) is 6.22. The van der Waals surface area contributed by atoms with Gasteiger partial charge in [-0.2, -0.15) is 0 Å². The third kappa shape index (κ3) is 2.69. The molecule has 0 saturated carbocycles. The summed E-state index contributed by atoms with van der Waals surface area (Å²) in [5.74, 6) is 0. The number of imidazole rings is 1. The Labute approximate surface area is 125 Å². The average molecular weight is 279 g/mol. The largest absolute Gasteiger partial charge is 0.329 e. The topological polar surface area (TPSA) is 29.9 Å². The number of aromatic nitrogens is 2. The molecule has 3 aromatic rings. The van der Waals surface area contributed by atoms with Gasteiger partial charge in [0.15, 0.2) is 0 Å². The Balaban J connectivity index is 1.94. The molecule has 1 N–H and O–H groups in total. The first-order chi connectivity index (χ1) is 10.2. The molecular weight excluding hydrogens is 258 g/mol. The highest BCUT2D eigenvalue weighted by molar-refractivity contribution is 5.74. The number of rotatable bonds is 4. The highest BCUT2D eigenvalue weighted by atomic mass is 15.1. The summed E-state index contributed by atoms with van der Waals surface area (Å²) in [6.07, 6.45) is 1.93. The summed E-state index contributed by atoms with van der Waals surface area (Å²) in [4.78, 5) is 4.47. The molecule has 1 heterocycles. The van der Waals surface area contributed by atoms with Crippen molar-refractivity contribution in [2.75, 3.05) is 7.05 Å². The van der Waals surface area contributed by atoms with Gasteiger partial charge in [0.2, 0.25) is 0 Å². The van der Waals surface area contributed by atoms with E-state index >= 15 is 0 Å². The normalized spacial score (nSPS) is 12.7. The van der Waals surface area contributed by atoms with Gasteiger partial charge in [-0.15, -0.1) is 0 Å². The number of nitrogens with one attached hydrogen (secondary N) is 1. The summed E-state index contributed by atoms with van der Waals surface area (Å²) in [6, 6.07) is 15.2. The van der Waals surface area contributed by atoms with Gasteiger partial charge in [0.25, 0.3) is 0 Å². The van der Waals surface area contributed by atoms with Crippen LogP contribution in [-0.2, 0) is 6.54 Å². The fraction of sp³-hybridized carbons (Fsp3) is 0.278. The molecule has 108 valence electrons. The number of para-hydroxylation sites is 2. The minimum atomic E-state index is 0.281. The van der Waals surface area contributed by atoms with Gasteiger partial charge in [0.05, 0.1) is 23.4 Å². The van der Waals surface area contributed by atoms with Crippen molar-refractivity contribution in [3.8, 4) is 0 Å². The molecule has 0 saturated heterocycles. The maximum absolute atomic E-state index is 4.47. The van der Waals surface area contributed by atoms with E-state index in [2.05, 4.69) is 65.1 Å². The summed E-state index contributed by atoms with van der Waals surface area (Å²) >= 11 is 0. The van der Waals surface area contributed by atoms with Gasteiger partial charge < -0.3 is 9.88 Å². The lowest BCUT2D eigenvalue weighted by atomic mass is 9.99. The molecule has 1 aromatic heterocycles. The number of hydrogen-bond donors (Lipinski definition) is 1. The molecule has 0 aliphatic carbocycles. The SMILES string of the molecule is CNC(Cn1cnc2ccccc21)c1ccc(C)cc1C. The van der Waals surface area contributed by atoms with Crippen LogP contribution < -0.4 is 5.32 Å². The van der Waals surface area contributed by atoms with Crippen LogP contribution in [-0.4, -0.2) is 16.6 Å². The van der Waals surface area contributed by atoms with Crippen LogP contribution in [0.3, 0.4) is 0 Å². The molecule has 2 aromatic carbocycles. The first kappa shape index (κ1) is 13.8. The van der Waals surface area contributed by atoms with Crippen LogP contribution >= 0.6 is 0 Å². The van der Waals surface area contributed by atoms with Crippen molar-refractivity contribution in [2.24, 2.45) is 0 Å². The zero-order chi connectivity index (χ0) is 14.8. The number of benzene rings is 2. The molecule has 3 nitrogen and oxygen atoms in total. The molecule has 0 aliphatic heterocycles. The van der Waals surface area contributed by atoms with Crippen molar-refractivity contribution in [3.05, 3.63) is 65.5 Å². The van der Waals surface area contributed by atoms with E-state index in [1.807, 2.05) is 19.4 Å². The Morgan fingerprint density at radius 1 is 1.14 bits per heavy atom. The molecule has 0 bridgehead atoms. The quantitative estimate of drug-likeness (QED) is 0.790. The fourth-order valence-electron chi connectivity index (χ4n) is 2.91. The molecule has 0 radical (unpaired) electrons. The maximum Gasteiger partial charge on any atom is 0.0958 e. The Morgan fingerprint density at radius 3 is 2.71 bits per heavy atom. The standard InChI is InChI=1S/C18H21N3/c1-13-8-9-15(14(2)10-13)17(19-3)11-21-12-20-16-6-4-5-7-18(16)21/h4-10,12,17,19H,11H2,1-3H3. The third-order valence-electron chi connectivity index (χ3n) is 4.06. The number of aryl methyl sites for hydroxylation is 2. The van der Waals surface area contributed by atoms with E-state index in [1.165, 1.54) is 22.2 Å². The summed E-state index contributed by atoms with van der Waals surface area (Å²) in [6.45, 7) is 5.19. The molecule has 3 heteroatoms. The second kappa shape index (κ2) is 5.70. The number of hydrogen-bond acceptors (Lipinski definition) is 2. The minimum Gasteiger partial charge on any atom is -0.329 e. The van der Waals surface area contributed by atoms with Gasteiger partial charge in [-0.25, -0.2) is 4.98 Å². The Bertz CT molecular complexity index is 758. The molecule has 0 fully saturated rings. The van der Waals surface area contributed by atoms with Gasteiger partial charge in [0.1, 0.15) is 0 Å². The average Bonchev–Trinajstić information content (AvgIpc) is 2.89. The first-order valence-electron chi connectivity index (χ1n) is 7.33. The number of likely N-dealkylation sites (N-methyl/N-ethyl adjacent to an activating group) is 1. The van der Waals surface area contributed by atoms with Crippen LogP contribution in [0.1, 0.15) is 22.7 Å². The molecule has 1 unspecified atom stereocenters. The number of nitrogens with zero attached hydrogens (tertiary/aromatic N) is 2. The second-order valence-electron chi connectivity index (χ2n) is 5.59. The van der Waals surface area contributed by atoms with E-state index in [4.69, 9.17) is 0 Å². The van der Waals surface area contributed by atoms with Crippen molar-refractivity contribution < 1.29 is 0 Å². The Hall–Kier alpha value is -2.13. The fourth-order valence-corrected chi connectivity index (χ4v) is 2.91. The van der Waals surface area contributed by atoms with Crippen molar-refractivity contribution in [3.63, 3.8) is 0 Å². The molecule has 3 rings (SSSR count). The van der Waals surface area contributed by atoms with E-state index in [0.717, 1.165) is 12.1 Å². The van der Waals surface area contributed by atoms with Crippen LogP contribution in [0.15, 0.2) is 48.8 Å². The van der Waals surface area contributed by atoms with E-state index in [-0.39, 0.29) is 6.04 Å². The molecule has 0 spiro atoms. The Morgan fingerprint density at radius 2 is 1.95 bits per heavy atom. The van der Waals surface area contributed by atoms with Crippen LogP contribution in [0.4, 0.5) is 0 Å². The summed E-state index contributed by atoms with van der Waals surface area (Å²) in [7, 11) is 2.02. The van der Waals surface area contributed by atoms with Gasteiger partial charge in [-0.3, -0.25) is 0 Å². The monoisotopic (exact) mass is 279 g/mol. The van der Waals surface area contributed by atoms with E-state index < -0.39 is 0 Å². The highest BCUT2D eigenvalue weighted by Gasteiger charge is 2.14.